The van der Waals surface area contributed by atoms with Gasteiger partial charge in [-0.05, 0) is 50.1 Å². The lowest BCUT2D eigenvalue weighted by Gasteiger charge is -2.19. The maximum absolute atomic E-state index is 3.70. The monoisotopic (exact) mass is 247 g/mol. The van der Waals surface area contributed by atoms with Crippen molar-refractivity contribution in [2.45, 2.75) is 58.9 Å². The molecule has 0 aliphatic rings. The molecule has 1 rings (SSSR count). The van der Waals surface area contributed by atoms with Crippen molar-refractivity contribution in [1.82, 2.24) is 5.32 Å². The van der Waals surface area contributed by atoms with E-state index in [1.165, 1.54) is 37.7 Å². The largest absolute Gasteiger partial charge is 0.314 e. The molecule has 0 spiro atoms. The normalized spacial score (nSPS) is 12.9. The van der Waals surface area contributed by atoms with Gasteiger partial charge in [0.1, 0.15) is 0 Å². The van der Waals surface area contributed by atoms with Gasteiger partial charge in [-0.2, -0.15) is 0 Å². The van der Waals surface area contributed by atoms with Gasteiger partial charge in [-0.1, -0.05) is 51.1 Å². The van der Waals surface area contributed by atoms with E-state index in [2.05, 4.69) is 56.4 Å². The van der Waals surface area contributed by atoms with E-state index in [9.17, 15) is 0 Å². The molecule has 18 heavy (non-hydrogen) atoms. The van der Waals surface area contributed by atoms with E-state index in [0.29, 0.717) is 6.04 Å². The first-order valence-corrected chi connectivity index (χ1v) is 7.49. The third-order valence-corrected chi connectivity index (χ3v) is 3.40. The summed E-state index contributed by atoms with van der Waals surface area (Å²) in [4.78, 5) is 0. The Morgan fingerprint density at radius 1 is 1.00 bits per heavy atom. The van der Waals surface area contributed by atoms with Crippen LogP contribution in [0, 0.1) is 5.92 Å². The van der Waals surface area contributed by atoms with Gasteiger partial charge in [0.05, 0.1) is 0 Å². The molecule has 1 N–H and O–H groups in total. The standard InChI is InChI=1S/C17H29N/c1-4-14-18-17(12-10-15(2)3)13-11-16-8-6-5-7-9-16/h5-9,15,17-18H,4,10-14H2,1-3H3. The van der Waals surface area contributed by atoms with Crippen molar-refractivity contribution in [2.24, 2.45) is 5.92 Å². The van der Waals surface area contributed by atoms with Crippen LogP contribution in [0.15, 0.2) is 30.3 Å². The van der Waals surface area contributed by atoms with Crippen molar-refractivity contribution in [3.05, 3.63) is 35.9 Å². The van der Waals surface area contributed by atoms with Crippen LogP contribution in [0.4, 0.5) is 0 Å². The maximum Gasteiger partial charge on any atom is 0.00703 e. The molecule has 102 valence electrons. The number of hydrogen-bond acceptors (Lipinski definition) is 1. The minimum atomic E-state index is 0.688. The molecule has 0 heterocycles. The first-order chi connectivity index (χ1) is 8.72. The van der Waals surface area contributed by atoms with Crippen LogP contribution in [0.3, 0.4) is 0 Å². The Labute approximate surface area is 113 Å². The average Bonchev–Trinajstić information content (AvgIpc) is 2.39. The van der Waals surface area contributed by atoms with Gasteiger partial charge in [-0.15, -0.1) is 0 Å². The van der Waals surface area contributed by atoms with E-state index in [-0.39, 0.29) is 0 Å². The highest BCUT2D eigenvalue weighted by molar-refractivity contribution is 5.14. The summed E-state index contributed by atoms with van der Waals surface area (Å²) in [6.07, 6.45) is 6.32. The van der Waals surface area contributed by atoms with Gasteiger partial charge >= 0.3 is 0 Å². The molecule has 0 radical (unpaired) electrons. The van der Waals surface area contributed by atoms with E-state index in [4.69, 9.17) is 0 Å². The van der Waals surface area contributed by atoms with Crippen molar-refractivity contribution in [3.63, 3.8) is 0 Å². The minimum absolute atomic E-state index is 0.688. The molecule has 0 aliphatic heterocycles. The van der Waals surface area contributed by atoms with E-state index >= 15 is 0 Å². The highest BCUT2D eigenvalue weighted by Gasteiger charge is 2.08. The zero-order valence-corrected chi connectivity index (χ0v) is 12.3. The van der Waals surface area contributed by atoms with E-state index in [1.54, 1.807) is 0 Å². The van der Waals surface area contributed by atoms with Gasteiger partial charge in [0.15, 0.2) is 0 Å². The average molecular weight is 247 g/mol. The molecule has 0 fully saturated rings. The van der Waals surface area contributed by atoms with Crippen LogP contribution in [-0.2, 0) is 6.42 Å². The van der Waals surface area contributed by atoms with Gasteiger partial charge in [0.25, 0.3) is 0 Å². The van der Waals surface area contributed by atoms with Crippen LogP contribution in [0.1, 0.15) is 52.0 Å². The Bertz CT molecular complexity index is 292. The molecule has 0 amide bonds. The zero-order chi connectivity index (χ0) is 13.2. The molecule has 0 saturated carbocycles. The summed E-state index contributed by atoms with van der Waals surface area (Å²) in [5.74, 6) is 0.813. The van der Waals surface area contributed by atoms with E-state index in [0.717, 1.165) is 12.5 Å². The molecule has 1 aromatic rings. The van der Waals surface area contributed by atoms with Crippen molar-refractivity contribution in [2.75, 3.05) is 6.54 Å². The lowest BCUT2D eigenvalue weighted by Crippen LogP contribution is -2.30. The Morgan fingerprint density at radius 3 is 2.33 bits per heavy atom. The molecule has 1 unspecified atom stereocenters. The molecular formula is C17H29N. The fraction of sp³-hybridized carbons (Fsp3) is 0.647. The van der Waals surface area contributed by atoms with Crippen LogP contribution < -0.4 is 5.32 Å². The van der Waals surface area contributed by atoms with Gasteiger partial charge in [0, 0.05) is 6.04 Å². The van der Waals surface area contributed by atoms with E-state index in [1.807, 2.05) is 0 Å². The second-order valence-electron chi connectivity index (χ2n) is 5.65. The van der Waals surface area contributed by atoms with Crippen LogP contribution in [0.25, 0.3) is 0 Å². The molecule has 0 aromatic heterocycles. The molecule has 1 aromatic carbocycles. The van der Waals surface area contributed by atoms with Gasteiger partial charge < -0.3 is 5.32 Å². The summed E-state index contributed by atoms with van der Waals surface area (Å²) in [7, 11) is 0. The lowest BCUT2D eigenvalue weighted by molar-refractivity contribution is 0.410. The number of aryl methyl sites for hydroxylation is 1. The van der Waals surface area contributed by atoms with Crippen molar-refractivity contribution < 1.29 is 0 Å². The Morgan fingerprint density at radius 2 is 1.72 bits per heavy atom. The fourth-order valence-corrected chi connectivity index (χ4v) is 2.22. The van der Waals surface area contributed by atoms with Crippen molar-refractivity contribution in [3.8, 4) is 0 Å². The summed E-state index contributed by atoms with van der Waals surface area (Å²) in [5, 5.41) is 3.70. The number of hydrogen-bond donors (Lipinski definition) is 1. The molecule has 1 heteroatoms. The summed E-state index contributed by atoms with van der Waals surface area (Å²) in [6, 6.07) is 11.5. The summed E-state index contributed by atoms with van der Waals surface area (Å²) >= 11 is 0. The number of nitrogens with one attached hydrogen (secondary N) is 1. The fourth-order valence-electron chi connectivity index (χ4n) is 2.22. The quantitative estimate of drug-likeness (QED) is 0.681. The van der Waals surface area contributed by atoms with Crippen molar-refractivity contribution >= 4 is 0 Å². The molecule has 1 atom stereocenters. The summed E-state index contributed by atoms with van der Waals surface area (Å²) < 4.78 is 0. The highest BCUT2D eigenvalue weighted by Crippen LogP contribution is 2.12. The van der Waals surface area contributed by atoms with Gasteiger partial charge in [-0.3, -0.25) is 0 Å². The molecule has 1 nitrogen and oxygen atoms in total. The minimum Gasteiger partial charge on any atom is -0.314 e. The topological polar surface area (TPSA) is 12.0 Å². The lowest BCUT2D eigenvalue weighted by atomic mass is 9.98. The smallest absolute Gasteiger partial charge is 0.00703 e. The third-order valence-electron chi connectivity index (χ3n) is 3.40. The van der Waals surface area contributed by atoms with Crippen molar-refractivity contribution in [1.29, 1.82) is 0 Å². The van der Waals surface area contributed by atoms with Crippen LogP contribution in [-0.4, -0.2) is 12.6 Å². The Balaban J connectivity index is 2.35. The van der Waals surface area contributed by atoms with Crippen LogP contribution in [0.2, 0.25) is 0 Å². The van der Waals surface area contributed by atoms with Gasteiger partial charge in [-0.25, -0.2) is 0 Å². The van der Waals surface area contributed by atoms with E-state index < -0.39 is 0 Å². The highest BCUT2D eigenvalue weighted by atomic mass is 14.9. The second-order valence-corrected chi connectivity index (χ2v) is 5.65. The first-order valence-electron chi connectivity index (χ1n) is 7.49. The summed E-state index contributed by atoms with van der Waals surface area (Å²) in [6.45, 7) is 8.02. The Kier molecular flexibility index (Phi) is 7.75. The predicted octanol–water partition coefficient (Wildman–Crippen LogP) is 4.42. The van der Waals surface area contributed by atoms with Crippen LogP contribution >= 0.6 is 0 Å². The Hall–Kier alpha value is -0.820. The number of rotatable bonds is 9. The molecule has 0 bridgehead atoms. The molecule has 0 saturated heterocycles. The number of benzene rings is 1. The third kappa shape index (κ3) is 6.80. The first kappa shape index (κ1) is 15.2. The molecule has 0 aliphatic carbocycles. The van der Waals surface area contributed by atoms with Crippen LogP contribution in [0.5, 0.6) is 0 Å². The SMILES string of the molecule is CCCNC(CCc1ccccc1)CCC(C)C. The summed E-state index contributed by atoms with van der Waals surface area (Å²) in [5.41, 5.74) is 1.46. The zero-order valence-electron chi connectivity index (χ0n) is 12.3. The second kappa shape index (κ2) is 9.16. The predicted molar refractivity (Wildman–Crippen MR) is 80.9 cm³/mol. The maximum atomic E-state index is 3.70. The molecular weight excluding hydrogens is 218 g/mol. The van der Waals surface area contributed by atoms with Gasteiger partial charge in [0.2, 0.25) is 0 Å².